The molecule has 0 aliphatic rings. The van der Waals surface area contributed by atoms with E-state index in [-0.39, 0.29) is 5.91 Å². The SMILES string of the molecule is CSc1nc2ccc(NC(=O)c3ccc(-c4ccccc4)cc3)cc2s1. The Morgan fingerprint density at radius 3 is 2.42 bits per heavy atom. The van der Waals surface area contributed by atoms with Crippen LogP contribution in [0.4, 0.5) is 5.69 Å². The minimum Gasteiger partial charge on any atom is -0.322 e. The summed E-state index contributed by atoms with van der Waals surface area (Å²) in [5, 5.41) is 2.97. The van der Waals surface area contributed by atoms with Crippen molar-refractivity contribution in [2.75, 3.05) is 11.6 Å². The fraction of sp³-hybridized carbons (Fsp3) is 0.0476. The predicted octanol–water partition coefficient (Wildman–Crippen LogP) is 5.94. The number of anilines is 1. The van der Waals surface area contributed by atoms with E-state index in [1.807, 2.05) is 66.9 Å². The highest BCUT2D eigenvalue weighted by Gasteiger charge is 2.09. The van der Waals surface area contributed by atoms with Gasteiger partial charge in [0.05, 0.1) is 10.2 Å². The number of benzene rings is 3. The maximum Gasteiger partial charge on any atom is 0.255 e. The smallest absolute Gasteiger partial charge is 0.255 e. The molecule has 26 heavy (non-hydrogen) atoms. The standard InChI is InChI=1S/C21H16N2OS2/c1-25-21-23-18-12-11-17(13-19(18)26-21)22-20(24)16-9-7-15(8-10-16)14-5-3-2-4-6-14/h2-13H,1H3,(H,22,24). The molecule has 4 aromatic rings. The third-order valence-corrected chi connectivity index (χ3v) is 6.06. The summed E-state index contributed by atoms with van der Waals surface area (Å²) in [5.74, 6) is -0.112. The second-order valence-electron chi connectivity index (χ2n) is 5.76. The van der Waals surface area contributed by atoms with Gasteiger partial charge in [-0.3, -0.25) is 4.79 Å². The van der Waals surface area contributed by atoms with Crippen molar-refractivity contribution in [1.82, 2.24) is 4.98 Å². The van der Waals surface area contributed by atoms with Crippen LogP contribution in [0.3, 0.4) is 0 Å². The van der Waals surface area contributed by atoms with Crippen molar-refractivity contribution in [3.8, 4) is 11.1 Å². The van der Waals surface area contributed by atoms with Crippen LogP contribution in [0.2, 0.25) is 0 Å². The first-order chi connectivity index (χ1) is 12.7. The fourth-order valence-electron chi connectivity index (χ4n) is 2.72. The van der Waals surface area contributed by atoms with Crippen molar-refractivity contribution in [3.63, 3.8) is 0 Å². The number of carbonyl (C=O) groups excluding carboxylic acids is 1. The molecule has 0 aliphatic heterocycles. The number of carbonyl (C=O) groups is 1. The van der Waals surface area contributed by atoms with Crippen molar-refractivity contribution < 1.29 is 4.79 Å². The van der Waals surface area contributed by atoms with E-state index in [0.717, 1.165) is 31.4 Å². The average Bonchev–Trinajstić information content (AvgIpc) is 3.11. The van der Waals surface area contributed by atoms with E-state index in [1.54, 1.807) is 23.1 Å². The normalized spacial score (nSPS) is 10.8. The monoisotopic (exact) mass is 376 g/mol. The first-order valence-electron chi connectivity index (χ1n) is 8.14. The van der Waals surface area contributed by atoms with Crippen LogP contribution in [0.15, 0.2) is 77.1 Å². The third kappa shape index (κ3) is 3.49. The lowest BCUT2D eigenvalue weighted by Crippen LogP contribution is -2.11. The molecular weight excluding hydrogens is 360 g/mol. The second-order valence-corrected chi connectivity index (χ2v) is 7.85. The van der Waals surface area contributed by atoms with E-state index in [0.29, 0.717) is 5.56 Å². The molecule has 3 aromatic carbocycles. The van der Waals surface area contributed by atoms with Gasteiger partial charge in [0.1, 0.15) is 0 Å². The molecule has 0 atom stereocenters. The zero-order valence-corrected chi connectivity index (χ0v) is 15.7. The molecule has 1 N–H and O–H groups in total. The number of thiazole rings is 1. The number of nitrogens with zero attached hydrogens (tertiary/aromatic N) is 1. The van der Waals surface area contributed by atoms with Crippen LogP contribution < -0.4 is 5.32 Å². The predicted molar refractivity (Wildman–Crippen MR) is 111 cm³/mol. The lowest BCUT2D eigenvalue weighted by molar-refractivity contribution is 0.102. The van der Waals surface area contributed by atoms with Crippen molar-refractivity contribution >= 4 is 44.9 Å². The molecule has 0 fully saturated rings. The Labute approximate surface area is 160 Å². The molecule has 0 bridgehead atoms. The number of hydrogen-bond donors (Lipinski definition) is 1. The second kappa shape index (κ2) is 7.32. The van der Waals surface area contributed by atoms with Crippen molar-refractivity contribution in [2.45, 2.75) is 4.34 Å². The molecule has 0 radical (unpaired) electrons. The number of aromatic nitrogens is 1. The summed E-state index contributed by atoms with van der Waals surface area (Å²) in [6.45, 7) is 0. The molecule has 128 valence electrons. The van der Waals surface area contributed by atoms with Gasteiger partial charge in [0.2, 0.25) is 0 Å². The van der Waals surface area contributed by atoms with Gasteiger partial charge in [-0.25, -0.2) is 4.98 Å². The van der Waals surface area contributed by atoms with Crippen LogP contribution in [-0.4, -0.2) is 17.1 Å². The number of hydrogen-bond acceptors (Lipinski definition) is 4. The molecule has 0 spiro atoms. The largest absolute Gasteiger partial charge is 0.322 e. The van der Waals surface area contributed by atoms with Gasteiger partial charge in [0.25, 0.3) is 5.91 Å². The quantitative estimate of drug-likeness (QED) is 0.448. The first-order valence-corrected chi connectivity index (χ1v) is 10.2. The van der Waals surface area contributed by atoms with Gasteiger partial charge in [-0.1, -0.05) is 54.2 Å². The summed E-state index contributed by atoms with van der Waals surface area (Å²) in [6, 6.07) is 23.6. The highest BCUT2D eigenvalue weighted by Crippen LogP contribution is 2.30. The van der Waals surface area contributed by atoms with Crippen molar-refractivity contribution in [1.29, 1.82) is 0 Å². The van der Waals surface area contributed by atoms with Crippen LogP contribution in [0.1, 0.15) is 10.4 Å². The lowest BCUT2D eigenvalue weighted by Gasteiger charge is -2.07. The molecule has 5 heteroatoms. The Kier molecular flexibility index (Phi) is 4.73. The van der Waals surface area contributed by atoms with Gasteiger partial charge in [-0.15, -0.1) is 11.3 Å². The molecule has 0 aliphatic carbocycles. The molecule has 1 heterocycles. The zero-order chi connectivity index (χ0) is 17.9. The number of fused-ring (bicyclic) bond motifs is 1. The average molecular weight is 377 g/mol. The zero-order valence-electron chi connectivity index (χ0n) is 14.1. The summed E-state index contributed by atoms with van der Waals surface area (Å²) >= 11 is 3.27. The number of rotatable bonds is 4. The Bertz CT molecular complexity index is 1060. The molecule has 0 saturated heterocycles. The Morgan fingerprint density at radius 2 is 1.69 bits per heavy atom. The van der Waals surface area contributed by atoms with E-state index in [1.165, 1.54) is 0 Å². The molecule has 1 amide bonds. The summed E-state index contributed by atoms with van der Waals surface area (Å²) in [5.41, 5.74) is 4.62. The molecule has 0 unspecified atom stereocenters. The maximum atomic E-state index is 12.5. The van der Waals surface area contributed by atoms with Crippen molar-refractivity contribution in [2.24, 2.45) is 0 Å². The lowest BCUT2D eigenvalue weighted by atomic mass is 10.0. The number of amides is 1. The van der Waals surface area contributed by atoms with Gasteiger partial charge in [0, 0.05) is 11.3 Å². The van der Waals surface area contributed by atoms with Crippen molar-refractivity contribution in [3.05, 3.63) is 78.4 Å². The summed E-state index contributed by atoms with van der Waals surface area (Å²) in [7, 11) is 0. The Morgan fingerprint density at radius 1 is 0.962 bits per heavy atom. The van der Waals surface area contributed by atoms with Gasteiger partial charge < -0.3 is 5.32 Å². The number of thioether (sulfide) groups is 1. The Hall–Kier alpha value is -2.63. The summed E-state index contributed by atoms with van der Waals surface area (Å²) in [6.07, 6.45) is 2.01. The van der Waals surface area contributed by atoms with Gasteiger partial charge >= 0.3 is 0 Å². The van der Waals surface area contributed by atoms with Gasteiger partial charge in [-0.2, -0.15) is 0 Å². The minimum atomic E-state index is -0.112. The highest BCUT2D eigenvalue weighted by molar-refractivity contribution is 8.00. The molecule has 4 rings (SSSR count). The first kappa shape index (κ1) is 16.8. The van der Waals surface area contributed by atoms with Crippen LogP contribution in [0, 0.1) is 0 Å². The summed E-state index contributed by atoms with van der Waals surface area (Å²) < 4.78 is 2.10. The molecule has 1 aromatic heterocycles. The topological polar surface area (TPSA) is 42.0 Å². The number of nitrogens with one attached hydrogen (secondary N) is 1. The molecule has 3 nitrogen and oxygen atoms in total. The van der Waals surface area contributed by atoms with Crippen LogP contribution in [-0.2, 0) is 0 Å². The molecule has 0 saturated carbocycles. The van der Waals surface area contributed by atoms with E-state index < -0.39 is 0 Å². The van der Waals surface area contributed by atoms with Crippen LogP contribution in [0.5, 0.6) is 0 Å². The van der Waals surface area contributed by atoms with Gasteiger partial charge in [-0.05, 0) is 47.7 Å². The third-order valence-electron chi connectivity index (χ3n) is 4.06. The minimum absolute atomic E-state index is 0.112. The van der Waals surface area contributed by atoms with E-state index in [4.69, 9.17) is 0 Å². The highest BCUT2D eigenvalue weighted by atomic mass is 32.2. The fourth-order valence-corrected chi connectivity index (χ4v) is 4.25. The van der Waals surface area contributed by atoms with Crippen LogP contribution in [0.25, 0.3) is 21.3 Å². The van der Waals surface area contributed by atoms with E-state index in [2.05, 4.69) is 22.4 Å². The maximum absolute atomic E-state index is 12.5. The van der Waals surface area contributed by atoms with E-state index >= 15 is 0 Å². The van der Waals surface area contributed by atoms with Crippen LogP contribution >= 0.6 is 23.1 Å². The van der Waals surface area contributed by atoms with Gasteiger partial charge in [0.15, 0.2) is 4.34 Å². The summed E-state index contributed by atoms with van der Waals surface area (Å²) in [4.78, 5) is 17.0. The van der Waals surface area contributed by atoms with E-state index in [9.17, 15) is 4.79 Å². The Balaban J connectivity index is 1.52. The molecular formula is C21H16N2OS2.